The largest absolute Gasteiger partial charge is 0.486 e. The third-order valence-electron chi connectivity index (χ3n) is 3.28. The van der Waals surface area contributed by atoms with Crippen LogP contribution in [0.1, 0.15) is 18.4 Å². The molecule has 0 aliphatic carbocycles. The quantitative estimate of drug-likeness (QED) is 0.681. The van der Waals surface area contributed by atoms with Crippen LogP contribution in [0.25, 0.3) is 0 Å². The van der Waals surface area contributed by atoms with Gasteiger partial charge in [-0.3, -0.25) is 10.1 Å². The van der Waals surface area contributed by atoms with Gasteiger partial charge in [-0.15, -0.1) is 0 Å². The SMILES string of the molecule is Cc1cc(Br)cc([N+](=O)[O-])c1OCC1CCCNC1. The van der Waals surface area contributed by atoms with Gasteiger partial charge in [0.05, 0.1) is 11.5 Å². The molecule has 1 N–H and O–H groups in total. The maximum atomic E-state index is 11.1. The van der Waals surface area contributed by atoms with E-state index in [0.717, 1.165) is 31.5 Å². The van der Waals surface area contributed by atoms with Gasteiger partial charge < -0.3 is 10.1 Å². The lowest BCUT2D eigenvalue weighted by molar-refractivity contribution is -0.386. The van der Waals surface area contributed by atoms with Crippen molar-refractivity contribution in [3.63, 3.8) is 0 Å². The Kier molecular flexibility index (Phi) is 4.76. The molecule has 1 aliphatic rings. The van der Waals surface area contributed by atoms with E-state index < -0.39 is 4.92 Å². The zero-order valence-corrected chi connectivity index (χ0v) is 12.4. The standard InChI is InChI=1S/C13H17BrN2O3/c1-9-5-11(14)6-12(16(17)18)13(9)19-8-10-3-2-4-15-7-10/h5-6,10,15H,2-4,7-8H2,1H3. The maximum Gasteiger partial charge on any atom is 0.312 e. The predicted octanol–water partition coefficient (Wildman–Crippen LogP) is 3.04. The minimum atomic E-state index is -0.397. The number of hydrogen-bond donors (Lipinski definition) is 1. The van der Waals surface area contributed by atoms with Crippen LogP contribution in [0.2, 0.25) is 0 Å². The lowest BCUT2D eigenvalue weighted by Gasteiger charge is -2.23. The van der Waals surface area contributed by atoms with Crippen LogP contribution in [0.3, 0.4) is 0 Å². The second kappa shape index (κ2) is 6.34. The first-order valence-corrected chi connectivity index (χ1v) is 7.15. The Hall–Kier alpha value is -1.14. The van der Waals surface area contributed by atoms with Gasteiger partial charge in [-0.1, -0.05) is 15.9 Å². The van der Waals surface area contributed by atoms with Gasteiger partial charge in [0, 0.05) is 23.0 Å². The van der Waals surface area contributed by atoms with E-state index in [9.17, 15) is 10.1 Å². The predicted molar refractivity (Wildman–Crippen MR) is 76.6 cm³/mol. The van der Waals surface area contributed by atoms with Crippen LogP contribution in [0.15, 0.2) is 16.6 Å². The van der Waals surface area contributed by atoms with Gasteiger partial charge in [-0.25, -0.2) is 0 Å². The first kappa shape index (κ1) is 14.3. The molecule has 2 rings (SSSR count). The second-order valence-electron chi connectivity index (χ2n) is 4.85. The maximum absolute atomic E-state index is 11.1. The zero-order valence-electron chi connectivity index (χ0n) is 10.8. The third kappa shape index (κ3) is 3.67. The lowest BCUT2D eigenvalue weighted by atomic mass is 10.0. The molecular weight excluding hydrogens is 312 g/mol. The highest BCUT2D eigenvalue weighted by molar-refractivity contribution is 9.10. The third-order valence-corrected chi connectivity index (χ3v) is 3.74. The zero-order chi connectivity index (χ0) is 13.8. The second-order valence-corrected chi connectivity index (χ2v) is 5.77. The Labute approximate surface area is 120 Å². The number of nitro benzene ring substituents is 1. The van der Waals surface area contributed by atoms with Crippen molar-refractivity contribution in [1.82, 2.24) is 5.32 Å². The van der Waals surface area contributed by atoms with Gasteiger partial charge in [-0.2, -0.15) is 0 Å². The van der Waals surface area contributed by atoms with Crippen molar-refractivity contribution in [2.75, 3.05) is 19.7 Å². The fourth-order valence-electron chi connectivity index (χ4n) is 2.30. The first-order valence-electron chi connectivity index (χ1n) is 6.36. The Bertz CT molecular complexity index is 473. The van der Waals surface area contributed by atoms with Crippen molar-refractivity contribution in [3.8, 4) is 5.75 Å². The molecule has 1 heterocycles. The monoisotopic (exact) mass is 328 g/mol. The van der Waals surface area contributed by atoms with Gasteiger partial charge in [0.15, 0.2) is 5.75 Å². The molecule has 5 nitrogen and oxygen atoms in total. The molecule has 0 bridgehead atoms. The molecule has 6 heteroatoms. The number of benzene rings is 1. The lowest BCUT2D eigenvalue weighted by Crippen LogP contribution is -2.33. The van der Waals surface area contributed by atoms with Gasteiger partial charge in [0.25, 0.3) is 0 Å². The van der Waals surface area contributed by atoms with Crippen LogP contribution in [-0.4, -0.2) is 24.6 Å². The van der Waals surface area contributed by atoms with Crippen LogP contribution < -0.4 is 10.1 Å². The smallest absolute Gasteiger partial charge is 0.312 e. The number of piperidine rings is 1. The summed E-state index contributed by atoms with van der Waals surface area (Å²) in [5, 5.41) is 14.4. The molecular formula is C13H17BrN2O3. The van der Waals surface area contributed by atoms with Crippen LogP contribution in [0, 0.1) is 23.0 Å². The fraction of sp³-hybridized carbons (Fsp3) is 0.538. The van der Waals surface area contributed by atoms with Gasteiger partial charge >= 0.3 is 5.69 Å². The van der Waals surface area contributed by atoms with Gasteiger partial charge in [-0.05, 0) is 37.9 Å². The summed E-state index contributed by atoms with van der Waals surface area (Å²) in [5.74, 6) is 0.815. The van der Waals surface area contributed by atoms with Crippen molar-refractivity contribution >= 4 is 21.6 Å². The number of nitrogens with zero attached hydrogens (tertiary/aromatic N) is 1. The minimum absolute atomic E-state index is 0.0237. The topological polar surface area (TPSA) is 64.4 Å². The van der Waals surface area contributed by atoms with Gasteiger partial charge in [0.1, 0.15) is 0 Å². The van der Waals surface area contributed by atoms with Crippen molar-refractivity contribution in [2.45, 2.75) is 19.8 Å². The summed E-state index contributed by atoms with van der Waals surface area (Å²) in [4.78, 5) is 10.7. The van der Waals surface area contributed by atoms with E-state index >= 15 is 0 Å². The minimum Gasteiger partial charge on any atom is -0.486 e. The molecule has 1 fully saturated rings. The molecule has 19 heavy (non-hydrogen) atoms. The van der Waals surface area contributed by atoms with Crippen molar-refractivity contribution in [3.05, 3.63) is 32.3 Å². The summed E-state index contributed by atoms with van der Waals surface area (Å²) in [6.07, 6.45) is 2.24. The van der Waals surface area contributed by atoms with Gasteiger partial charge in [0.2, 0.25) is 0 Å². The Morgan fingerprint density at radius 3 is 3.00 bits per heavy atom. The molecule has 1 saturated heterocycles. The van der Waals surface area contributed by atoms with Crippen LogP contribution >= 0.6 is 15.9 Å². The molecule has 104 valence electrons. The highest BCUT2D eigenvalue weighted by Gasteiger charge is 2.21. The molecule has 1 aromatic carbocycles. The van der Waals surface area contributed by atoms with Crippen LogP contribution in [0.5, 0.6) is 5.75 Å². The number of nitrogens with one attached hydrogen (secondary N) is 1. The van der Waals surface area contributed by atoms with E-state index in [1.165, 1.54) is 6.07 Å². The Balaban J connectivity index is 2.12. The van der Waals surface area contributed by atoms with E-state index in [-0.39, 0.29) is 5.69 Å². The molecule has 0 aromatic heterocycles. The highest BCUT2D eigenvalue weighted by atomic mass is 79.9. The number of hydrogen-bond acceptors (Lipinski definition) is 4. The molecule has 1 aromatic rings. The van der Waals surface area contributed by atoms with Crippen LogP contribution in [0.4, 0.5) is 5.69 Å². The molecule has 1 aliphatic heterocycles. The number of rotatable bonds is 4. The average Bonchev–Trinajstić information content (AvgIpc) is 2.38. The summed E-state index contributed by atoms with van der Waals surface area (Å²) in [6, 6.07) is 3.32. The number of nitro groups is 1. The molecule has 1 atom stereocenters. The number of aryl methyl sites for hydroxylation is 1. The van der Waals surface area contributed by atoms with E-state index in [2.05, 4.69) is 21.2 Å². The highest BCUT2D eigenvalue weighted by Crippen LogP contribution is 2.34. The van der Waals surface area contributed by atoms with Crippen molar-refractivity contribution in [1.29, 1.82) is 0 Å². The van der Waals surface area contributed by atoms with E-state index in [1.807, 2.05) is 13.0 Å². The normalized spacial score (nSPS) is 19.2. The molecule has 0 radical (unpaired) electrons. The summed E-state index contributed by atoms with van der Waals surface area (Å²) < 4.78 is 6.42. The van der Waals surface area contributed by atoms with Crippen molar-refractivity contribution in [2.24, 2.45) is 5.92 Å². The average molecular weight is 329 g/mol. The summed E-state index contributed by atoms with van der Waals surface area (Å²) in [6.45, 7) is 4.32. The number of halogens is 1. The Morgan fingerprint density at radius 2 is 2.37 bits per heavy atom. The summed E-state index contributed by atoms with van der Waals surface area (Å²) >= 11 is 3.27. The Morgan fingerprint density at radius 1 is 1.58 bits per heavy atom. The molecule has 0 amide bonds. The summed E-state index contributed by atoms with van der Waals surface area (Å²) in [5.41, 5.74) is 0.806. The number of ether oxygens (including phenoxy) is 1. The molecule has 0 saturated carbocycles. The van der Waals surface area contributed by atoms with E-state index in [1.54, 1.807) is 0 Å². The van der Waals surface area contributed by atoms with E-state index in [0.29, 0.717) is 22.7 Å². The fourth-order valence-corrected chi connectivity index (χ4v) is 2.86. The molecule has 0 spiro atoms. The van der Waals surface area contributed by atoms with E-state index in [4.69, 9.17) is 4.74 Å². The van der Waals surface area contributed by atoms with Crippen LogP contribution in [-0.2, 0) is 0 Å². The summed E-state index contributed by atoms with van der Waals surface area (Å²) in [7, 11) is 0. The first-order chi connectivity index (χ1) is 9.08. The van der Waals surface area contributed by atoms with Crippen molar-refractivity contribution < 1.29 is 9.66 Å². The molecule has 1 unspecified atom stereocenters.